The molecule has 0 fully saturated rings. The van der Waals surface area contributed by atoms with E-state index in [1.165, 1.54) is 49.1 Å². The number of benzene rings is 1. The van der Waals surface area contributed by atoms with Crippen molar-refractivity contribution in [3.05, 3.63) is 30.3 Å². The molecule has 0 saturated heterocycles. The lowest BCUT2D eigenvalue weighted by atomic mass is 10.1. The zero-order chi connectivity index (χ0) is 17.0. The van der Waals surface area contributed by atoms with Crippen LogP contribution in [0, 0.1) is 0 Å². The molecule has 0 saturated carbocycles. The molecule has 0 heterocycles. The van der Waals surface area contributed by atoms with Gasteiger partial charge >= 0.3 is 11.9 Å². The molecule has 0 aliphatic rings. The third-order valence-corrected chi connectivity index (χ3v) is 3.44. The van der Waals surface area contributed by atoms with Crippen LogP contribution in [0.3, 0.4) is 0 Å². The summed E-state index contributed by atoms with van der Waals surface area (Å²) >= 11 is 0. The van der Waals surface area contributed by atoms with Crippen molar-refractivity contribution in [1.29, 1.82) is 0 Å². The van der Waals surface area contributed by atoms with Gasteiger partial charge in [0.1, 0.15) is 5.69 Å². The predicted octanol–water partition coefficient (Wildman–Crippen LogP) is 3.38. The standard InChI is InChI=1S/C15H26N.C2H2O4/c1-4-12-16(13-5-2,14-6-3)15-10-8-7-9-11-15;3-1(4)2(5)6/h7-11H,4-6,12-14H2,1-3H3;(H,3,4)(H,5,6)/q+1;. The van der Waals surface area contributed by atoms with Crippen molar-refractivity contribution in [2.75, 3.05) is 19.6 Å². The normalized spacial score (nSPS) is 10.5. The van der Waals surface area contributed by atoms with Gasteiger partial charge in [-0.3, -0.25) is 4.48 Å². The fourth-order valence-electron chi connectivity index (χ4n) is 2.75. The molecule has 0 atom stereocenters. The van der Waals surface area contributed by atoms with E-state index in [2.05, 4.69) is 51.1 Å². The topological polar surface area (TPSA) is 74.6 Å². The maximum Gasteiger partial charge on any atom is 0.414 e. The Morgan fingerprint density at radius 2 is 1.18 bits per heavy atom. The second kappa shape index (κ2) is 10.8. The fourth-order valence-corrected chi connectivity index (χ4v) is 2.75. The van der Waals surface area contributed by atoms with E-state index in [1.807, 2.05) is 0 Å². The SMILES string of the molecule is CCC[N+](CCC)(CCC)c1ccccc1.O=C(O)C(=O)O. The van der Waals surface area contributed by atoms with Crippen LogP contribution < -0.4 is 4.48 Å². The molecule has 0 radical (unpaired) electrons. The molecular weight excluding hydrogens is 282 g/mol. The Kier molecular flexibility index (Phi) is 9.87. The highest BCUT2D eigenvalue weighted by Gasteiger charge is 2.27. The molecule has 0 spiro atoms. The zero-order valence-electron chi connectivity index (χ0n) is 13.8. The number of nitrogens with zero attached hydrogens (tertiary/aromatic N) is 1. The summed E-state index contributed by atoms with van der Waals surface area (Å²) in [6.07, 6.45) is 3.78. The van der Waals surface area contributed by atoms with Crippen molar-refractivity contribution in [2.45, 2.75) is 40.0 Å². The Bertz CT molecular complexity index is 416. The molecule has 5 heteroatoms. The van der Waals surface area contributed by atoms with Gasteiger partial charge in [0.05, 0.1) is 19.6 Å². The molecule has 5 nitrogen and oxygen atoms in total. The second-order valence-electron chi connectivity index (χ2n) is 5.26. The van der Waals surface area contributed by atoms with E-state index in [0.717, 1.165) is 0 Å². The molecule has 1 aromatic rings. The van der Waals surface area contributed by atoms with Crippen LogP contribution in [-0.2, 0) is 9.59 Å². The first-order valence-electron chi connectivity index (χ1n) is 7.81. The van der Waals surface area contributed by atoms with E-state index in [-0.39, 0.29) is 0 Å². The average molecular weight is 310 g/mol. The molecule has 2 N–H and O–H groups in total. The quantitative estimate of drug-likeness (QED) is 0.598. The number of carbonyl (C=O) groups is 2. The number of para-hydroxylation sites is 1. The average Bonchev–Trinajstić information content (AvgIpc) is 2.49. The highest BCUT2D eigenvalue weighted by molar-refractivity contribution is 6.27. The molecule has 1 rings (SSSR count). The van der Waals surface area contributed by atoms with Gasteiger partial charge in [-0.15, -0.1) is 0 Å². The molecule has 22 heavy (non-hydrogen) atoms. The Morgan fingerprint density at radius 1 is 0.818 bits per heavy atom. The van der Waals surface area contributed by atoms with Gasteiger partial charge in [0.2, 0.25) is 0 Å². The van der Waals surface area contributed by atoms with Gasteiger partial charge < -0.3 is 10.2 Å². The number of aliphatic carboxylic acids is 2. The summed E-state index contributed by atoms with van der Waals surface area (Å²) in [6.45, 7) is 10.7. The summed E-state index contributed by atoms with van der Waals surface area (Å²) in [5.41, 5.74) is 1.49. The first-order valence-corrected chi connectivity index (χ1v) is 7.81. The lowest BCUT2D eigenvalue weighted by Crippen LogP contribution is -2.51. The fraction of sp³-hybridized carbons (Fsp3) is 0.529. The highest BCUT2D eigenvalue weighted by Crippen LogP contribution is 2.24. The maximum atomic E-state index is 9.10. The van der Waals surface area contributed by atoms with Crippen LogP contribution in [0.1, 0.15) is 40.0 Å². The third kappa shape index (κ3) is 6.72. The van der Waals surface area contributed by atoms with E-state index in [9.17, 15) is 0 Å². The van der Waals surface area contributed by atoms with E-state index in [4.69, 9.17) is 19.8 Å². The minimum atomic E-state index is -1.82. The lowest BCUT2D eigenvalue weighted by molar-refractivity contribution is -0.159. The predicted molar refractivity (Wildman–Crippen MR) is 89.0 cm³/mol. The summed E-state index contributed by atoms with van der Waals surface area (Å²) in [7, 11) is 0. The van der Waals surface area contributed by atoms with Crippen molar-refractivity contribution < 1.29 is 19.8 Å². The van der Waals surface area contributed by atoms with E-state index < -0.39 is 11.9 Å². The van der Waals surface area contributed by atoms with Crippen LogP contribution in [0.4, 0.5) is 5.69 Å². The number of hydrogen-bond acceptors (Lipinski definition) is 2. The van der Waals surface area contributed by atoms with E-state index in [1.54, 1.807) is 0 Å². The van der Waals surface area contributed by atoms with Crippen LogP contribution in [0.5, 0.6) is 0 Å². The van der Waals surface area contributed by atoms with Gasteiger partial charge in [-0.25, -0.2) is 9.59 Å². The molecular formula is C17H28NO4+. The summed E-state index contributed by atoms with van der Waals surface area (Å²) in [5.74, 6) is -3.65. The monoisotopic (exact) mass is 310 g/mol. The summed E-state index contributed by atoms with van der Waals surface area (Å²) in [6, 6.07) is 11.0. The van der Waals surface area contributed by atoms with Crippen molar-refractivity contribution in [2.24, 2.45) is 0 Å². The summed E-state index contributed by atoms with van der Waals surface area (Å²) < 4.78 is 1.17. The van der Waals surface area contributed by atoms with E-state index >= 15 is 0 Å². The molecule has 0 bridgehead atoms. The van der Waals surface area contributed by atoms with Gasteiger partial charge in [0.15, 0.2) is 0 Å². The van der Waals surface area contributed by atoms with Gasteiger partial charge in [0.25, 0.3) is 0 Å². The van der Waals surface area contributed by atoms with Crippen LogP contribution in [0.2, 0.25) is 0 Å². The molecule has 0 amide bonds. The van der Waals surface area contributed by atoms with Gasteiger partial charge in [-0.2, -0.15) is 0 Å². The summed E-state index contributed by atoms with van der Waals surface area (Å²) in [5, 5.41) is 14.8. The summed E-state index contributed by atoms with van der Waals surface area (Å²) in [4.78, 5) is 18.2. The minimum absolute atomic E-state index is 1.17. The number of carboxylic acids is 2. The molecule has 0 aliphatic heterocycles. The first-order chi connectivity index (χ1) is 10.4. The highest BCUT2D eigenvalue weighted by atomic mass is 16.4. The lowest BCUT2D eigenvalue weighted by Gasteiger charge is -2.38. The number of rotatable bonds is 7. The van der Waals surface area contributed by atoms with Crippen LogP contribution in [0.15, 0.2) is 30.3 Å². The van der Waals surface area contributed by atoms with Crippen molar-refractivity contribution >= 4 is 17.6 Å². The Morgan fingerprint density at radius 3 is 1.45 bits per heavy atom. The maximum absolute atomic E-state index is 9.10. The number of carboxylic acid groups (broad SMARTS) is 2. The largest absolute Gasteiger partial charge is 0.473 e. The van der Waals surface area contributed by atoms with E-state index in [0.29, 0.717) is 0 Å². The van der Waals surface area contributed by atoms with Crippen molar-refractivity contribution in [3.63, 3.8) is 0 Å². The van der Waals surface area contributed by atoms with Crippen molar-refractivity contribution in [3.8, 4) is 0 Å². The molecule has 1 aromatic carbocycles. The first kappa shape index (κ1) is 20.1. The van der Waals surface area contributed by atoms with Crippen LogP contribution in [0.25, 0.3) is 0 Å². The smallest absolute Gasteiger partial charge is 0.414 e. The van der Waals surface area contributed by atoms with Gasteiger partial charge in [-0.1, -0.05) is 39.0 Å². The minimum Gasteiger partial charge on any atom is -0.473 e. The number of hydrogen-bond donors (Lipinski definition) is 2. The van der Waals surface area contributed by atoms with Crippen LogP contribution >= 0.6 is 0 Å². The van der Waals surface area contributed by atoms with Gasteiger partial charge in [0, 0.05) is 0 Å². The Balaban J connectivity index is 0.000000626. The zero-order valence-corrected chi connectivity index (χ0v) is 13.8. The molecule has 0 unspecified atom stereocenters. The van der Waals surface area contributed by atoms with Crippen LogP contribution in [-0.4, -0.2) is 41.8 Å². The number of quaternary nitrogens is 1. The second-order valence-corrected chi connectivity index (χ2v) is 5.26. The Labute approximate surface area is 132 Å². The van der Waals surface area contributed by atoms with Gasteiger partial charge in [-0.05, 0) is 31.4 Å². The van der Waals surface area contributed by atoms with Crippen molar-refractivity contribution in [1.82, 2.24) is 4.48 Å². The third-order valence-electron chi connectivity index (χ3n) is 3.44. The molecule has 124 valence electrons. The Hall–Kier alpha value is -1.88. The molecule has 0 aromatic heterocycles. The molecule has 0 aliphatic carbocycles.